The summed E-state index contributed by atoms with van der Waals surface area (Å²) in [5, 5.41) is 0. The van der Waals surface area contributed by atoms with Gasteiger partial charge in [-0.25, -0.2) is 26.3 Å². The Morgan fingerprint density at radius 1 is 1.35 bits per heavy atom. The molecular weight excluding hydrogens is 257 g/mol. The monoisotopic (exact) mass is 268 g/mol. The van der Waals surface area contributed by atoms with Gasteiger partial charge in [0, 0.05) is 12.1 Å². The van der Waals surface area contributed by atoms with Gasteiger partial charge >= 0.3 is 0 Å². The second kappa shape index (κ2) is 5.48. The summed E-state index contributed by atoms with van der Waals surface area (Å²) in [6.07, 6.45) is -2.79. The molecule has 0 fully saturated rings. The second-order valence-corrected chi connectivity index (χ2v) is 4.97. The Hall–Kier alpha value is -1.12. The van der Waals surface area contributed by atoms with E-state index in [0.717, 1.165) is 18.2 Å². The lowest BCUT2D eigenvalue weighted by Crippen LogP contribution is -2.28. The van der Waals surface area contributed by atoms with Crippen molar-refractivity contribution >= 4 is 10.0 Å². The maximum atomic E-state index is 13.1. The minimum absolute atomic E-state index is 0.00456. The van der Waals surface area contributed by atoms with E-state index in [0.29, 0.717) is 0 Å². The number of hydrogen-bond acceptors (Lipinski definition) is 3. The van der Waals surface area contributed by atoms with Gasteiger partial charge in [-0.05, 0) is 18.2 Å². The van der Waals surface area contributed by atoms with Crippen molar-refractivity contribution in [3.05, 3.63) is 29.6 Å². The summed E-state index contributed by atoms with van der Waals surface area (Å²) in [4.78, 5) is -0.292. The van der Waals surface area contributed by atoms with Crippen LogP contribution in [0.5, 0.6) is 0 Å². The predicted octanol–water partition coefficient (Wildman–Crippen LogP) is 0.828. The smallest absolute Gasteiger partial charge is 0.251 e. The highest BCUT2D eigenvalue weighted by molar-refractivity contribution is 7.89. The molecule has 0 heterocycles. The van der Waals surface area contributed by atoms with Gasteiger partial charge in [-0.15, -0.1) is 0 Å². The van der Waals surface area contributed by atoms with Gasteiger partial charge in [0.15, 0.2) is 0 Å². The minimum atomic E-state index is -4.06. The number of halogens is 3. The molecule has 0 spiro atoms. The molecule has 0 aliphatic heterocycles. The lowest BCUT2D eigenvalue weighted by Gasteiger charge is -2.08. The third-order valence-electron chi connectivity index (χ3n) is 1.98. The number of benzene rings is 1. The molecule has 0 aromatic heterocycles. The molecule has 0 aliphatic rings. The Morgan fingerprint density at radius 2 is 2.00 bits per heavy atom. The summed E-state index contributed by atoms with van der Waals surface area (Å²) in [5.41, 5.74) is 5.21. The second-order valence-electron chi connectivity index (χ2n) is 3.20. The molecule has 3 N–H and O–H groups in total. The van der Waals surface area contributed by atoms with Crippen LogP contribution in [0.4, 0.5) is 13.2 Å². The van der Waals surface area contributed by atoms with Crippen LogP contribution in [0.2, 0.25) is 0 Å². The molecule has 0 atom stereocenters. The van der Waals surface area contributed by atoms with Crippen LogP contribution >= 0.6 is 0 Å². The molecular formula is C9H11F3N2O2S. The molecule has 1 rings (SSSR count). The summed E-state index contributed by atoms with van der Waals surface area (Å²) >= 11 is 0. The van der Waals surface area contributed by atoms with Gasteiger partial charge < -0.3 is 5.73 Å². The van der Waals surface area contributed by atoms with Crippen molar-refractivity contribution in [3.8, 4) is 0 Å². The van der Waals surface area contributed by atoms with Gasteiger partial charge in [0.05, 0.1) is 11.4 Å². The lowest BCUT2D eigenvalue weighted by molar-refractivity contribution is 0.153. The summed E-state index contributed by atoms with van der Waals surface area (Å²) in [5.74, 6) is -0.639. The van der Waals surface area contributed by atoms with E-state index >= 15 is 0 Å². The van der Waals surface area contributed by atoms with Crippen molar-refractivity contribution in [1.82, 2.24) is 4.72 Å². The molecule has 0 unspecified atom stereocenters. The van der Waals surface area contributed by atoms with Gasteiger partial charge in [-0.3, -0.25) is 0 Å². The third-order valence-corrected chi connectivity index (χ3v) is 3.40. The summed E-state index contributed by atoms with van der Waals surface area (Å²) < 4.78 is 61.5. The van der Waals surface area contributed by atoms with E-state index in [1.807, 2.05) is 0 Å². The lowest BCUT2D eigenvalue weighted by atomic mass is 10.2. The molecule has 8 heteroatoms. The van der Waals surface area contributed by atoms with E-state index in [2.05, 4.69) is 0 Å². The SMILES string of the molecule is NCc1cc(S(=O)(=O)NCC(F)F)ccc1F. The first kappa shape index (κ1) is 13.9. The molecule has 0 radical (unpaired) electrons. The van der Waals surface area contributed by atoms with Crippen LogP contribution in [-0.4, -0.2) is 21.4 Å². The molecule has 1 aromatic rings. The van der Waals surface area contributed by atoms with E-state index in [9.17, 15) is 21.6 Å². The van der Waals surface area contributed by atoms with Crippen molar-refractivity contribution < 1.29 is 21.6 Å². The minimum Gasteiger partial charge on any atom is -0.326 e. The van der Waals surface area contributed by atoms with Crippen molar-refractivity contribution in [1.29, 1.82) is 0 Å². The quantitative estimate of drug-likeness (QED) is 0.830. The van der Waals surface area contributed by atoms with E-state index in [1.165, 1.54) is 0 Å². The maximum absolute atomic E-state index is 13.1. The topological polar surface area (TPSA) is 72.2 Å². The normalized spacial score (nSPS) is 12.1. The Labute approximate surface area is 96.7 Å². The fraction of sp³-hybridized carbons (Fsp3) is 0.333. The highest BCUT2D eigenvalue weighted by Gasteiger charge is 2.17. The first-order valence-corrected chi connectivity index (χ1v) is 6.11. The average molecular weight is 268 g/mol. The van der Waals surface area contributed by atoms with Crippen LogP contribution in [0.3, 0.4) is 0 Å². The molecule has 0 saturated carbocycles. The zero-order valence-electron chi connectivity index (χ0n) is 8.66. The average Bonchev–Trinajstić information content (AvgIpc) is 2.27. The van der Waals surface area contributed by atoms with Crippen LogP contribution in [-0.2, 0) is 16.6 Å². The summed E-state index contributed by atoms with van der Waals surface area (Å²) in [6.45, 7) is -1.16. The zero-order valence-corrected chi connectivity index (χ0v) is 9.48. The van der Waals surface area contributed by atoms with Crippen LogP contribution in [0, 0.1) is 5.82 Å². The molecule has 0 saturated heterocycles. The van der Waals surface area contributed by atoms with Gasteiger partial charge in [-0.2, -0.15) is 0 Å². The fourth-order valence-electron chi connectivity index (χ4n) is 1.13. The van der Waals surface area contributed by atoms with Crippen LogP contribution in [0.25, 0.3) is 0 Å². The molecule has 0 aliphatic carbocycles. The number of rotatable bonds is 5. The fourth-order valence-corrected chi connectivity index (χ4v) is 2.19. The van der Waals surface area contributed by atoms with Crippen molar-refractivity contribution in [2.45, 2.75) is 17.9 Å². The summed E-state index contributed by atoms with van der Waals surface area (Å²) in [7, 11) is -4.06. The van der Waals surface area contributed by atoms with Gasteiger partial charge in [-0.1, -0.05) is 0 Å². The molecule has 0 bridgehead atoms. The Bertz CT molecular complexity index is 491. The molecule has 17 heavy (non-hydrogen) atoms. The van der Waals surface area contributed by atoms with E-state index in [4.69, 9.17) is 5.73 Å². The summed E-state index contributed by atoms with van der Waals surface area (Å²) in [6, 6.07) is 2.94. The largest absolute Gasteiger partial charge is 0.326 e. The zero-order chi connectivity index (χ0) is 13.1. The number of sulfonamides is 1. The first-order chi connectivity index (χ1) is 7.86. The van der Waals surface area contributed by atoms with Crippen molar-refractivity contribution in [3.63, 3.8) is 0 Å². The van der Waals surface area contributed by atoms with Gasteiger partial charge in [0.25, 0.3) is 6.43 Å². The van der Waals surface area contributed by atoms with Crippen LogP contribution < -0.4 is 10.5 Å². The number of alkyl halides is 2. The number of hydrogen-bond donors (Lipinski definition) is 2. The van der Waals surface area contributed by atoms with Crippen LogP contribution in [0.1, 0.15) is 5.56 Å². The number of nitrogens with two attached hydrogens (primary N) is 1. The van der Waals surface area contributed by atoms with E-state index < -0.39 is 28.8 Å². The van der Waals surface area contributed by atoms with Gasteiger partial charge in [0.2, 0.25) is 10.0 Å². The van der Waals surface area contributed by atoms with E-state index in [1.54, 1.807) is 4.72 Å². The maximum Gasteiger partial charge on any atom is 0.251 e. The first-order valence-electron chi connectivity index (χ1n) is 4.63. The molecule has 96 valence electrons. The molecule has 4 nitrogen and oxygen atoms in total. The van der Waals surface area contributed by atoms with Crippen molar-refractivity contribution in [2.75, 3.05) is 6.54 Å². The number of nitrogens with one attached hydrogen (secondary N) is 1. The Balaban J connectivity index is 2.99. The highest BCUT2D eigenvalue weighted by Crippen LogP contribution is 2.14. The molecule has 1 aromatic carbocycles. The van der Waals surface area contributed by atoms with Gasteiger partial charge in [0.1, 0.15) is 5.82 Å². The third kappa shape index (κ3) is 3.69. The predicted molar refractivity (Wildman–Crippen MR) is 55.5 cm³/mol. The van der Waals surface area contributed by atoms with Crippen LogP contribution in [0.15, 0.2) is 23.1 Å². The highest BCUT2D eigenvalue weighted by atomic mass is 32.2. The molecule has 0 amide bonds. The standard InChI is InChI=1S/C9H11F3N2O2S/c10-8-2-1-7(3-6(8)4-13)17(15,16)14-5-9(11)12/h1-3,9,14H,4-5,13H2. The van der Waals surface area contributed by atoms with Crippen molar-refractivity contribution in [2.24, 2.45) is 5.73 Å². The Kier molecular flexibility index (Phi) is 4.49. The van der Waals surface area contributed by atoms with E-state index in [-0.39, 0.29) is 17.0 Å². The Morgan fingerprint density at radius 3 is 2.53 bits per heavy atom.